The number of benzene rings is 1. The van der Waals surface area contributed by atoms with E-state index in [1.54, 1.807) is 0 Å². The van der Waals surface area contributed by atoms with Crippen LogP contribution in [0.25, 0.3) is 0 Å². The number of nitrogens with one attached hydrogen (secondary N) is 2. The van der Waals surface area contributed by atoms with E-state index in [-0.39, 0.29) is 30.5 Å². The molecule has 0 aliphatic carbocycles. The van der Waals surface area contributed by atoms with Crippen molar-refractivity contribution in [2.75, 3.05) is 6.54 Å². The van der Waals surface area contributed by atoms with Crippen LogP contribution in [0.15, 0.2) is 18.2 Å². The van der Waals surface area contributed by atoms with Crippen LogP contribution in [0.4, 0.5) is 10.1 Å². The number of carbonyl (C=O) groups is 2. The minimum atomic E-state index is -1.01. The first-order chi connectivity index (χ1) is 9.81. The summed E-state index contributed by atoms with van der Waals surface area (Å²) in [6.45, 7) is 3.71. The summed E-state index contributed by atoms with van der Waals surface area (Å²) < 4.78 is 13.1. The van der Waals surface area contributed by atoms with Gasteiger partial charge in [0.1, 0.15) is 0 Å². The Morgan fingerprint density at radius 1 is 1.38 bits per heavy atom. The van der Waals surface area contributed by atoms with Gasteiger partial charge >= 0.3 is 5.69 Å². The molecule has 0 aliphatic rings. The molecule has 8 heteroatoms. The van der Waals surface area contributed by atoms with Gasteiger partial charge in [-0.3, -0.25) is 19.7 Å². The number of carbonyl (C=O) groups excluding carboxylic acids is 2. The molecule has 0 radical (unpaired) electrons. The van der Waals surface area contributed by atoms with Gasteiger partial charge in [0.05, 0.1) is 4.92 Å². The number of nitro groups is 1. The number of hydrogen-bond acceptors (Lipinski definition) is 4. The zero-order valence-corrected chi connectivity index (χ0v) is 11.7. The number of hydrogen-bond donors (Lipinski definition) is 2. The predicted octanol–water partition coefficient (Wildman–Crippen LogP) is 1.38. The first kappa shape index (κ1) is 16.5. The highest BCUT2D eigenvalue weighted by molar-refractivity contribution is 5.95. The van der Waals surface area contributed by atoms with Crippen molar-refractivity contribution in [3.8, 4) is 0 Å². The van der Waals surface area contributed by atoms with Gasteiger partial charge in [0.15, 0.2) is 0 Å². The minimum Gasteiger partial charge on any atom is -0.354 e. The van der Waals surface area contributed by atoms with Gasteiger partial charge in [-0.2, -0.15) is 4.39 Å². The van der Waals surface area contributed by atoms with Gasteiger partial charge in [-0.15, -0.1) is 0 Å². The molecule has 0 unspecified atom stereocenters. The number of rotatable bonds is 6. The Labute approximate surface area is 120 Å². The van der Waals surface area contributed by atoms with E-state index in [1.165, 1.54) is 0 Å². The molecule has 0 fully saturated rings. The average molecular weight is 297 g/mol. The maximum atomic E-state index is 13.1. The standard InChI is InChI=1S/C13H16FN3O4/c1-8(2)16-12(18)5-6-15-13(19)9-3-4-10(14)11(7-9)17(20)21/h3-4,7-8H,5-6H2,1-2H3,(H,15,19)(H,16,18). The fourth-order valence-corrected chi connectivity index (χ4v) is 1.58. The van der Waals surface area contributed by atoms with Gasteiger partial charge in [-0.25, -0.2) is 0 Å². The second-order valence-electron chi connectivity index (χ2n) is 4.65. The van der Waals surface area contributed by atoms with Crippen LogP contribution in [0, 0.1) is 15.9 Å². The van der Waals surface area contributed by atoms with Gasteiger partial charge in [-0.05, 0) is 26.0 Å². The zero-order chi connectivity index (χ0) is 16.0. The summed E-state index contributed by atoms with van der Waals surface area (Å²) >= 11 is 0. The van der Waals surface area contributed by atoms with Gasteiger partial charge in [0, 0.05) is 30.6 Å². The van der Waals surface area contributed by atoms with E-state index < -0.39 is 22.3 Å². The van der Waals surface area contributed by atoms with Crippen molar-refractivity contribution in [1.82, 2.24) is 10.6 Å². The minimum absolute atomic E-state index is 0.00736. The highest BCUT2D eigenvalue weighted by Crippen LogP contribution is 2.18. The van der Waals surface area contributed by atoms with Crippen LogP contribution in [0.3, 0.4) is 0 Å². The zero-order valence-electron chi connectivity index (χ0n) is 11.7. The Morgan fingerprint density at radius 3 is 2.62 bits per heavy atom. The third kappa shape index (κ3) is 5.17. The highest BCUT2D eigenvalue weighted by Gasteiger charge is 2.17. The average Bonchev–Trinajstić information content (AvgIpc) is 2.37. The molecule has 0 atom stereocenters. The van der Waals surface area contributed by atoms with Crippen molar-refractivity contribution in [3.05, 3.63) is 39.7 Å². The molecule has 114 valence electrons. The molecular formula is C13H16FN3O4. The molecule has 2 N–H and O–H groups in total. The summed E-state index contributed by atoms with van der Waals surface area (Å²) in [6, 6.07) is 2.87. The number of amides is 2. The van der Waals surface area contributed by atoms with Crippen molar-refractivity contribution in [2.45, 2.75) is 26.3 Å². The second-order valence-corrected chi connectivity index (χ2v) is 4.65. The van der Waals surface area contributed by atoms with Gasteiger partial charge in [-0.1, -0.05) is 0 Å². The molecule has 2 amide bonds. The van der Waals surface area contributed by atoms with E-state index in [4.69, 9.17) is 0 Å². The number of nitro benzene ring substituents is 1. The molecule has 0 bridgehead atoms. The molecule has 1 rings (SSSR count). The van der Waals surface area contributed by atoms with Crippen LogP contribution < -0.4 is 10.6 Å². The quantitative estimate of drug-likeness (QED) is 0.611. The van der Waals surface area contributed by atoms with E-state index in [2.05, 4.69) is 10.6 Å². The summed E-state index contributed by atoms with van der Waals surface area (Å²) in [6.07, 6.45) is 0.0905. The van der Waals surface area contributed by atoms with Crippen molar-refractivity contribution >= 4 is 17.5 Å². The van der Waals surface area contributed by atoms with E-state index in [0.29, 0.717) is 0 Å². The third-order valence-electron chi connectivity index (χ3n) is 2.49. The highest BCUT2D eigenvalue weighted by atomic mass is 19.1. The molecule has 0 aromatic heterocycles. The molecule has 0 saturated carbocycles. The van der Waals surface area contributed by atoms with Crippen molar-refractivity contribution in [2.24, 2.45) is 0 Å². The van der Waals surface area contributed by atoms with E-state index in [0.717, 1.165) is 18.2 Å². The summed E-state index contributed by atoms with van der Waals surface area (Å²) in [7, 11) is 0. The Morgan fingerprint density at radius 2 is 2.05 bits per heavy atom. The van der Waals surface area contributed by atoms with E-state index in [9.17, 15) is 24.1 Å². The second kappa shape index (κ2) is 7.32. The predicted molar refractivity (Wildman–Crippen MR) is 73.3 cm³/mol. The van der Waals surface area contributed by atoms with E-state index >= 15 is 0 Å². The molecule has 0 aliphatic heterocycles. The topological polar surface area (TPSA) is 101 Å². The molecule has 0 saturated heterocycles. The normalized spacial score (nSPS) is 10.3. The monoisotopic (exact) mass is 297 g/mol. The Bertz CT molecular complexity index is 560. The summed E-state index contributed by atoms with van der Waals surface area (Å²) in [4.78, 5) is 32.8. The maximum absolute atomic E-state index is 13.1. The fourth-order valence-electron chi connectivity index (χ4n) is 1.58. The van der Waals surface area contributed by atoms with Crippen LogP contribution >= 0.6 is 0 Å². The van der Waals surface area contributed by atoms with Gasteiger partial charge in [0.2, 0.25) is 11.7 Å². The lowest BCUT2D eigenvalue weighted by molar-refractivity contribution is -0.387. The summed E-state index contributed by atoms with van der Waals surface area (Å²) in [5.41, 5.74) is -0.799. The third-order valence-corrected chi connectivity index (χ3v) is 2.49. The van der Waals surface area contributed by atoms with Crippen molar-refractivity contribution in [1.29, 1.82) is 0 Å². The molecular weight excluding hydrogens is 281 g/mol. The first-order valence-electron chi connectivity index (χ1n) is 6.32. The lowest BCUT2D eigenvalue weighted by Crippen LogP contribution is -2.34. The molecule has 0 spiro atoms. The van der Waals surface area contributed by atoms with Crippen LogP contribution in [0.2, 0.25) is 0 Å². The maximum Gasteiger partial charge on any atom is 0.305 e. The Balaban J connectivity index is 2.58. The molecule has 7 nitrogen and oxygen atoms in total. The van der Waals surface area contributed by atoms with Gasteiger partial charge < -0.3 is 10.6 Å². The van der Waals surface area contributed by atoms with E-state index in [1.807, 2.05) is 13.8 Å². The lowest BCUT2D eigenvalue weighted by atomic mass is 10.2. The molecule has 21 heavy (non-hydrogen) atoms. The number of nitrogens with zero attached hydrogens (tertiary/aromatic N) is 1. The SMILES string of the molecule is CC(C)NC(=O)CCNC(=O)c1ccc(F)c([N+](=O)[O-])c1. The van der Waals surface area contributed by atoms with Crippen LogP contribution in [-0.2, 0) is 4.79 Å². The Hall–Kier alpha value is -2.51. The summed E-state index contributed by atoms with van der Waals surface area (Å²) in [5, 5.41) is 15.7. The van der Waals surface area contributed by atoms with Crippen molar-refractivity contribution < 1.29 is 18.9 Å². The lowest BCUT2D eigenvalue weighted by Gasteiger charge is -2.09. The molecule has 1 aromatic carbocycles. The van der Waals surface area contributed by atoms with Crippen LogP contribution in [0.5, 0.6) is 0 Å². The first-order valence-corrected chi connectivity index (χ1v) is 6.32. The smallest absolute Gasteiger partial charge is 0.305 e. The van der Waals surface area contributed by atoms with Crippen LogP contribution in [-0.4, -0.2) is 29.3 Å². The molecule has 1 aromatic rings. The number of halogens is 1. The van der Waals surface area contributed by atoms with Crippen LogP contribution in [0.1, 0.15) is 30.6 Å². The van der Waals surface area contributed by atoms with Crippen molar-refractivity contribution in [3.63, 3.8) is 0 Å². The fraction of sp³-hybridized carbons (Fsp3) is 0.385. The summed E-state index contributed by atoms with van der Waals surface area (Å²) in [5.74, 6) is -1.82. The largest absolute Gasteiger partial charge is 0.354 e. The molecule has 0 heterocycles. The Kier molecular flexibility index (Phi) is 5.77. The van der Waals surface area contributed by atoms with Gasteiger partial charge in [0.25, 0.3) is 5.91 Å².